The third-order valence-electron chi connectivity index (χ3n) is 1.99. The van der Waals surface area contributed by atoms with Crippen molar-refractivity contribution >= 4 is 33.5 Å². The molecule has 0 aliphatic heterocycles. The summed E-state index contributed by atoms with van der Waals surface area (Å²) in [5.74, 6) is 0.754. The van der Waals surface area contributed by atoms with Crippen molar-refractivity contribution < 1.29 is 9.13 Å². The van der Waals surface area contributed by atoms with E-state index in [0.717, 1.165) is 0 Å². The third-order valence-corrected chi connectivity index (χ3v) is 3.16. The van der Waals surface area contributed by atoms with Crippen molar-refractivity contribution in [3.63, 3.8) is 0 Å². The Bertz CT molecular complexity index is 582. The number of hydrogen-bond donors (Lipinski definition) is 1. The molecule has 94 valence electrons. The van der Waals surface area contributed by atoms with Crippen LogP contribution in [0.5, 0.6) is 11.6 Å². The second-order valence-corrected chi connectivity index (χ2v) is 4.92. The summed E-state index contributed by atoms with van der Waals surface area (Å²) < 4.78 is 19.0. The van der Waals surface area contributed by atoms with Gasteiger partial charge < -0.3 is 10.5 Å². The molecule has 0 radical (unpaired) electrons. The molecule has 2 aromatic rings. The molecule has 4 nitrogen and oxygen atoms in total. The Labute approximate surface area is 116 Å². The lowest BCUT2D eigenvalue weighted by atomic mass is 10.3. The summed E-state index contributed by atoms with van der Waals surface area (Å²) in [5.41, 5.74) is 5.63. The zero-order chi connectivity index (χ0) is 13.1. The molecular weight excluding hydrogens is 321 g/mol. The van der Waals surface area contributed by atoms with Crippen LogP contribution in [0.15, 0.2) is 33.9 Å². The quantitative estimate of drug-likeness (QED) is 0.690. The normalized spacial score (nSPS) is 10.4. The minimum absolute atomic E-state index is 0.319. The molecule has 0 fully saturated rings. The lowest BCUT2D eigenvalue weighted by Gasteiger charge is -2.08. The zero-order valence-corrected chi connectivity index (χ0v) is 11.8. The van der Waals surface area contributed by atoms with E-state index in [9.17, 15) is 4.39 Å². The van der Waals surface area contributed by atoms with Crippen LogP contribution >= 0.6 is 27.7 Å². The van der Waals surface area contributed by atoms with Crippen molar-refractivity contribution in [3.05, 3.63) is 34.6 Å². The smallest absolute Gasteiger partial charge is 0.225 e. The van der Waals surface area contributed by atoms with Crippen molar-refractivity contribution in [2.75, 3.05) is 12.0 Å². The Morgan fingerprint density at radius 3 is 2.78 bits per heavy atom. The molecule has 0 saturated carbocycles. The molecule has 1 heterocycles. The Morgan fingerprint density at radius 1 is 1.33 bits per heavy atom. The number of nitrogens with zero attached hydrogens (tertiary/aromatic N) is 2. The van der Waals surface area contributed by atoms with Crippen LogP contribution < -0.4 is 10.5 Å². The van der Waals surface area contributed by atoms with E-state index in [-0.39, 0.29) is 5.82 Å². The molecule has 0 aliphatic carbocycles. The molecule has 2 rings (SSSR count). The Hall–Kier alpha value is -1.34. The molecule has 18 heavy (non-hydrogen) atoms. The molecule has 1 aromatic carbocycles. The van der Waals surface area contributed by atoms with E-state index in [2.05, 4.69) is 25.9 Å². The lowest BCUT2D eigenvalue weighted by Crippen LogP contribution is -1.97. The van der Waals surface area contributed by atoms with Gasteiger partial charge in [0.1, 0.15) is 17.4 Å². The highest BCUT2D eigenvalue weighted by atomic mass is 79.9. The maximum absolute atomic E-state index is 12.9. The Kier molecular flexibility index (Phi) is 4.03. The fraction of sp³-hybridized carbons (Fsp3) is 0.0909. The number of anilines is 1. The first-order chi connectivity index (χ1) is 8.58. The van der Waals surface area contributed by atoms with Crippen LogP contribution in [0.3, 0.4) is 0 Å². The second-order valence-electron chi connectivity index (χ2n) is 3.29. The van der Waals surface area contributed by atoms with Crippen molar-refractivity contribution in [2.45, 2.75) is 5.16 Å². The van der Waals surface area contributed by atoms with Gasteiger partial charge in [0.05, 0.1) is 4.47 Å². The van der Waals surface area contributed by atoms with E-state index >= 15 is 0 Å². The number of rotatable bonds is 3. The highest BCUT2D eigenvalue weighted by Gasteiger charge is 2.07. The number of benzene rings is 1. The van der Waals surface area contributed by atoms with Crippen molar-refractivity contribution in [3.8, 4) is 11.6 Å². The Morgan fingerprint density at radius 2 is 2.11 bits per heavy atom. The lowest BCUT2D eigenvalue weighted by molar-refractivity contribution is 0.452. The van der Waals surface area contributed by atoms with Gasteiger partial charge in [-0.2, -0.15) is 4.98 Å². The first kappa shape index (κ1) is 13.1. The van der Waals surface area contributed by atoms with Crippen LogP contribution in [0.1, 0.15) is 0 Å². The van der Waals surface area contributed by atoms with E-state index < -0.39 is 0 Å². The van der Waals surface area contributed by atoms with E-state index in [1.54, 1.807) is 0 Å². The number of halogens is 2. The predicted octanol–water partition coefficient (Wildman–Crippen LogP) is 3.47. The largest absolute Gasteiger partial charge is 0.438 e. The van der Waals surface area contributed by atoms with Crippen LogP contribution in [-0.4, -0.2) is 16.2 Å². The molecule has 0 atom stereocenters. The van der Waals surface area contributed by atoms with Gasteiger partial charge >= 0.3 is 0 Å². The Balaban J connectivity index is 2.30. The monoisotopic (exact) mass is 329 g/mol. The highest BCUT2D eigenvalue weighted by molar-refractivity contribution is 9.10. The zero-order valence-electron chi connectivity index (χ0n) is 9.35. The number of nitrogens with two attached hydrogens (primary N) is 1. The molecule has 0 amide bonds. The van der Waals surface area contributed by atoms with Gasteiger partial charge in [0.25, 0.3) is 0 Å². The first-order valence-corrected chi connectivity index (χ1v) is 6.91. The van der Waals surface area contributed by atoms with Crippen LogP contribution in [0.2, 0.25) is 0 Å². The van der Waals surface area contributed by atoms with Crippen LogP contribution in [0.25, 0.3) is 0 Å². The molecule has 0 bridgehead atoms. The standard InChI is InChI=1S/C11H9BrFN3OS/c1-18-11-15-9(14)5-10(16-11)17-8-3-2-6(13)4-7(8)12/h2-5H,1H3,(H2,14,15,16). The molecule has 0 aliphatic rings. The van der Waals surface area contributed by atoms with Crippen LogP contribution in [-0.2, 0) is 0 Å². The third kappa shape index (κ3) is 3.11. The summed E-state index contributed by atoms with van der Waals surface area (Å²) in [4.78, 5) is 8.15. The van der Waals surface area contributed by atoms with Gasteiger partial charge in [-0.05, 0) is 40.4 Å². The van der Waals surface area contributed by atoms with Crippen LogP contribution in [0.4, 0.5) is 10.2 Å². The summed E-state index contributed by atoms with van der Waals surface area (Å²) in [5, 5.41) is 0.517. The van der Waals surface area contributed by atoms with Gasteiger partial charge in [-0.3, -0.25) is 0 Å². The van der Waals surface area contributed by atoms with Gasteiger partial charge in [-0.1, -0.05) is 11.8 Å². The second kappa shape index (κ2) is 5.53. The fourth-order valence-electron chi connectivity index (χ4n) is 1.23. The van der Waals surface area contributed by atoms with Crippen molar-refractivity contribution in [1.82, 2.24) is 9.97 Å². The summed E-state index contributed by atoms with van der Waals surface area (Å²) in [6.45, 7) is 0. The minimum Gasteiger partial charge on any atom is -0.438 e. The highest BCUT2D eigenvalue weighted by Crippen LogP contribution is 2.30. The van der Waals surface area contributed by atoms with Gasteiger partial charge in [-0.15, -0.1) is 0 Å². The molecular formula is C11H9BrFN3OS. The average Bonchev–Trinajstić information content (AvgIpc) is 2.32. The number of hydrogen-bond acceptors (Lipinski definition) is 5. The fourth-order valence-corrected chi connectivity index (χ4v) is 2.04. The van der Waals surface area contributed by atoms with E-state index in [4.69, 9.17) is 10.5 Å². The number of nitrogen functional groups attached to an aromatic ring is 1. The minimum atomic E-state index is -0.346. The summed E-state index contributed by atoms with van der Waals surface area (Å²) in [7, 11) is 0. The van der Waals surface area contributed by atoms with Gasteiger partial charge in [0.2, 0.25) is 5.88 Å². The molecule has 7 heteroatoms. The van der Waals surface area contributed by atoms with Crippen LogP contribution in [0, 0.1) is 5.82 Å². The molecule has 0 spiro atoms. The van der Waals surface area contributed by atoms with E-state index in [0.29, 0.717) is 27.1 Å². The summed E-state index contributed by atoms with van der Waals surface area (Å²) >= 11 is 4.57. The van der Waals surface area contributed by atoms with Crippen molar-refractivity contribution in [2.24, 2.45) is 0 Å². The SMILES string of the molecule is CSc1nc(N)cc(Oc2ccc(F)cc2Br)n1. The summed E-state index contributed by atoms with van der Waals surface area (Å²) in [6, 6.07) is 5.64. The van der Waals surface area contributed by atoms with Gasteiger partial charge in [-0.25, -0.2) is 9.37 Å². The maximum atomic E-state index is 12.9. The topological polar surface area (TPSA) is 61.0 Å². The van der Waals surface area contributed by atoms with Gasteiger partial charge in [0, 0.05) is 6.07 Å². The number of thioether (sulfide) groups is 1. The maximum Gasteiger partial charge on any atom is 0.225 e. The van der Waals surface area contributed by atoms with Crippen molar-refractivity contribution in [1.29, 1.82) is 0 Å². The number of ether oxygens (including phenoxy) is 1. The molecule has 2 N–H and O–H groups in total. The molecule has 1 aromatic heterocycles. The first-order valence-electron chi connectivity index (χ1n) is 4.90. The van der Waals surface area contributed by atoms with E-state index in [1.807, 2.05) is 6.26 Å². The predicted molar refractivity (Wildman–Crippen MR) is 72.4 cm³/mol. The van der Waals surface area contributed by atoms with E-state index in [1.165, 1.54) is 36.0 Å². The number of aromatic nitrogens is 2. The molecule has 0 saturated heterocycles. The molecule has 0 unspecified atom stereocenters. The van der Waals surface area contributed by atoms with Gasteiger partial charge in [0.15, 0.2) is 5.16 Å². The average molecular weight is 330 g/mol. The summed E-state index contributed by atoms with van der Waals surface area (Å²) in [6.07, 6.45) is 1.84.